The maximum Gasteiger partial charge on any atom is 0.335 e. The highest BCUT2D eigenvalue weighted by Crippen LogP contribution is 2.23. The van der Waals surface area contributed by atoms with E-state index < -0.39 is 17.8 Å². The first-order chi connectivity index (χ1) is 13.6. The van der Waals surface area contributed by atoms with E-state index >= 15 is 0 Å². The van der Waals surface area contributed by atoms with Crippen LogP contribution in [0.15, 0.2) is 72.7 Å². The van der Waals surface area contributed by atoms with Crippen LogP contribution in [0.4, 0.5) is 10.5 Å². The van der Waals surface area contributed by atoms with E-state index in [9.17, 15) is 14.4 Å². The van der Waals surface area contributed by atoms with Crippen LogP contribution in [0.1, 0.15) is 11.3 Å². The van der Waals surface area contributed by atoms with E-state index in [0.29, 0.717) is 11.4 Å². The molecule has 1 aliphatic heterocycles. The third kappa shape index (κ3) is 2.99. The lowest BCUT2D eigenvalue weighted by Crippen LogP contribution is -2.54. The summed E-state index contributed by atoms with van der Waals surface area (Å²) in [6.07, 6.45) is 6.29. The molecule has 0 unspecified atom stereocenters. The maximum atomic E-state index is 12.9. The Labute approximate surface area is 160 Å². The summed E-state index contributed by atoms with van der Waals surface area (Å²) in [5, 5.41) is 2.22. The van der Waals surface area contributed by atoms with Gasteiger partial charge in [0.2, 0.25) is 0 Å². The van der Waals surface area contributed by atoms with Crippen LogP contribution in [0.25, 0.3) is 11.8 Å². The Morgan fingerprint density at radius 2 is 1.71 bits per heavy atom. The summed E-state index contributed by atoms with van der Waals surface area (Å²) in [6, 6.07) is 13.7. The van der Waals surface area contributed by atoms with Crippen molar-refractivity contribution in [2.75, 3.05) is 4.90 Å². The molecule has 1 aromatic carbocycles. The molecule has 0 bridgehead atoms. The number of nitrogens with one attached hydrogen (secondary N) is 1. The summed E-state index contributed by atoms with van der Waals surface area (Å²) in [7, 11) is 0. The number of pyridine rings is 1. The zero-order valence-corrected chi connectivity index (χ0v) is 15.0. The van der Waals surface area contributed by atoms with E-state index in [-0.39, 0.29) is 5.57 Å². The van der Waals surface area contributed by atoms with Gasteiger partial charge in [0.25, 0.3) is 11.8 Å². The summed E-state index contributed by atoms with van der Waals surface area (Å²) in [5.41, 5.74) is 2.85. The van der Waals surface area contributed by atoms with Crippen molar-refractivity contribution in [1.82, 2.24) is 14.9 Å². The highest BCUT2D eigenvalue weighted by atomic mass is 16.2. The summed E-state index contributed by atoms with van der Waals surface area (Å²) in [5.74, 6) is -1.41. The van der Waals surface area contributed by atoms with E-state index in [1.807, 2.05) is 48.0 Å². The zero-order chi connectivity index (χ0) is 19.7. The molecule has 1 aliphatic rings. The number of aromatic nitrogens is 2. The van der Waals surface area contributed by atoms with Crippen LogP contribution in [0, 0.1) is 6.92 Å². The molecule has 138 valence electrons. The Kier molecular flexibility index (Phi) is 4.33. The number of anilines is 1. The molecule has 7 heteroatoms. The number of rotatable bonds is 3. The molecule has 0 atom stereocenters. The number of carbonyl (C=O) groups is 3. The Hall–Kier alpha value is -4.00. The number of nitrogens with zero attached hydrogens (tertiary/aromatic N) is 3. The van der Waals surface area contributed by atoms with Gasteiger partial charge in [-0.15, -0.1) is 0 Å². The summed E-state index contributed by atoms with van der Waals surface area (Å²) < 4.78 is 1.89. The Morgan fingerprint density at radius 3 is 2.46 bits per heavy atom. The number of hydrogen-bond donors (Lipinski definition) is 1. The zero-order valence-electron chi connectivity index (χ0n) is 15.0. The highest BCUT2D eigenvalue weighted by molar-refractivity contribution is 6.39. The molecule has 4 amide bonds. The van der Waals surface area contributed by atoms with Crippen LogP contribution in [-0.4, -0.2) is 27.4 Å². The number of aryl methyl sites for hydroxylation is 1. The molecule has 7 nitrogen and oxygen atoms in total. The fourth-order valence-corrected chi connectivity index (χ4v) is 3.10. The smallest absolute Gasteiger partial charge is 0.317 e. The quantitative estimate of drug-likeness (QED) is 0.566. The van der Waals surface area contributed by atoms with E-state index in [1.165, 1.54) is 30.6 Å². The first-order valence-corrected chi connectivity index (χ1v) is 8.61. The lowest BCUT2D eigenvalue weighted by Gasteiger charge is -2.26. The van der Waals surface area contributed by atoms with Gasteiger partial charge in [-0.2, -0.15) is 0 Å². The number of benzene rings is 1. The second kappa shape index (κ2) is 6.96. The maximum absolute atomic E-state index is 12.9. The van der Waals surface area contributed by atoms with Gasteiger partial charge in [0, 0.05) is 30.0 Å². The van der Waals surface area contributed by atoms with Crippen molar-refractivity contribution < 1.29 is 14.4 Å². The number of para-hydroxylation sites is 1. The van der Waals surface area contributed by atoms with Crippen molar-refractivity contribution in [2.45, 2.75) is 6.92 Å². The lowest BCUT2D eigenvalue weighted by atomic mass is 10.1. The Bertz CT molecular complexity index is 1120. The fraction of sp³-hybridized carbons (Fsp3) is 0.0476. The highest BCUT2D eigenvalue weighted by Gasteiger charge is 2.36. The van der Waals surface area contributed by atoms with Gasteiger partial charge in [0.15, 0.2) is 0 Å². The third-order valence-electron chi connectivity index (χ3n) is 4.47. The SMILES string of the molecule is Cc1ccccc1-n1cccc1/C=C1\C(=O)NC(=O)N(c2ccncc2)C1=O. The van der Waals surface area contributed by atoms with Gasteiger partial charge in [-0.1, -0.05) is 18.2 Å². The summed E-state index contributed by atoms with van der Waals surface area (Å²) in [6.45, 7) is 1.98. The van der Waals surface area contributed by atoms with Crippen molar-refractivity contribution in [1.29, 1.82) is 0 Å². The van der Waals surface area contributed by atoms with E-state index in [1.54, 1.807) is 6.07 Å². The number of urea groups is 1. The van der Waals surface area contributed by atoms with Crippen LogP contribution in [0.2, 0.25) is 0 Å². The van der Waals surface area contributed by atoms with E-state index in [0.717, 1.165) is 16.2 Å². The van der Waals surface area contributed by atoms with Gasteiger partial charge in [-0.05, 0) is 48.9 Å². The molecular formula is C21H16N4O3. The average Bonchev–Trinajstić information content (AvgIpc) is 3.14. The average molecular weight is 372 g/mol. The van der Waals surface area contributed by atoms with Crippen LogP contribution >= 0.6 is 0 Å². The van der Waals surface area contributed by atoms with Crippen LogP contribution in [0.3, 0.4) is 0 Å². The molecule has 1 N–H and O–H groups in total. The minimum absolute atomic E-state index is 0.120. The number of hydrogen-bond acceptors (Lipinski definition) is 4. The number of imide groups is 2. The molecule has 3 heterocycles. The third-order valence-corrected chi connectivity index (χ3v) is 4.47. The van der Waals surface area contributed by atoms with Crippen molar-refractivity contribution >= 4 is 29.6 Å². The fourth-order valence-electron chi connectivity index (χ4n) is 3.10. The topological polar surface area (TPSA) is 84.3 Å². The van der Waals surface area contributed by atoms with Crippen molar-refractivity contribution in [3.05, 3.63) is 84.0 Å². The van der Waals surface area contributed by atoms with E-state index in [4.69, 9.17) is 0 Å². The first-order valence-electron chi connectivity index (χ1n) is 8.61. The van der Waals surface area contributed by atoms with Crippen LogP contribution in [-0.2, 0) is 9.59 Å². The molecule has 0 radical (unpaired) electrons. The van der Waals surface area contributed by atoms with Gasteiger partial charge in [-0.25, -0.2) is 9.69 Å². The number of amides is 4. The van der Waals surface area contributed by atoms with Crippen molar-refractivity contribution in [2.24, 2.45) is 0 Å². The molecule has 3 aromatic rings. The molecular weight excluding hydrogens is 356 g/mol. The Morgan fingerprint density at radius 1 is 0.964 bits per heavy atom. The normalized spacial score (nSPS) is 15.8. The first kappa shape index (κ1) is 17.4. The van der Waals surface area contributed by atoms with Gasteiger partial charge in [-0.3, -0.25) is 19.9 Å². The molecule has 2 aromatic heterocycles. The molecule has 0 spiro atoms. The Balaban J connectivity index is 1.77. The second-order valence-electron chi connectivity index (χ2n) is 6.25. The predicted molar refractivity (Wildman–Crippen MR) is 104 cm³/mol. The number of barbiturate groups is 1. The molecule has 1 saturated heterocycles. The molecule has 28 heavy (non-hydrogen) atoms. The monoisotopic (exact) mass is 372 g/mol. The lowest BCUT2D eigenvalue weighted by molar-refractivity contribution is -0.122. The van der Waals surface area contributed by atoms with Gasteiger partial charge >= 0.3 is 6.03 Å². The molecule has 1 fully saturated rings. The molecule has 0 saturated carbocycles. The van der Waals surface area contributed by atoms with Crippen LogP contribution in [0.5, 0.6) is 0 Å². The molecule has 0 aliphatic carbocycles. The second-order valence-corrected chi connectivity index (χ2v) is 6.25. The van der Waals surface area contributed by atoms with Crippen molar-refractivity contribution in [3.63, 3.8) is 0 Å². The molecule has 4 rings (SSSR count). The summed E-state index contributed by atoms with van der Waals surface area (Å²) in [4.78, 5) is 42.3. The van der Waals surface area contributed by atoms with Gasteiger partial charge in [0.05, 0.1) is 5.69 Å². The minimum Gasteiger partial charge on any atom is -0.317 e. The van der Waals surface area contributed by atoms with E-state index in [2.05, 4.69) is 10.3 Å². The van der Waals surface area contributed by atoms with Crippen molar-refractivity contribution in [3.8, 4) is 5.69 Å². The van der Waals surface area contributed by atoms with Gasteiger partial charge in [0.1, 0.15) is 5.57 Å². The standard InChI is InChI=1S/C21H16N4O3/c1-14-5-2-3-7-18(14)24-12-4-6-16(24)13-17-19(26)23-21(28)25(20(17)27)15-8-10-22-11-9-15/h2-13H,1H3,(H,23,26,28)/b17-13+. The largest absolute Gasteiger partial charge is 0.335 e. The van der Waals surface area contributed by atoms with Crippen LogP contribution < -0.4 is 10.2 Å². The minimum atomic E-state index is -0.785. The predicted octanol–water partition coefficient (Wildman–Crippen LogP) is 2.85. The number of carbonyl (C=O) groups excluding carboxylic acids is 3. The summed E-state index contributed by atoms with van der Waals surface area (Å²) >= 11 is 0. The van der Waals surface area contributed by atoms with Gasteiger partial charge < -0.3 is 4.57 Å².